The molecule has 0 saturated carbocycles. The zero-order valence-electron chi connectivity index (χ0n) is 6.77. The number of hydrogen-bond donors (Lipinski definition) is 0. The Morgan fingerprint density at radius 1 is 1.50 bits per heavy atom. The van der Waals surface area contributed by atoms with Crippen molar-refractivity contribution in [3.63, 3.8) is 0 Å². The monoisotopic (exact) mass is 165 g/mol. The normalized spacial score (nSPS) is 9.33. The van der Waals surface area contributed by atoms with Gasteiger partial charge < -0.3 is 9.53 Å². The number of hydrogen-bond acceptors (Lipinski definition) is 3. The van der Waals surface area contributed by atoms with Gasteiger partial charge in [0.25, 0.3) is 0 Å². The van der Waals surface area contributed by atoms with Crippen molar-refractivity contribution in [2.45, 2.75) is 12.8 Å². The average Bonchev–Trinajstić information content (AvgIpc) is 2.14. The molecular formula is C9H11NO2. The van der Waals surface area contributed by atoms with Crippen molar-refractivity contribution >= 4 is 6.29 Å². The zero-order valence-corrected chi connectivity index (χ0v) is 6.77. The van der Waals surface area contributed by atoms with E-state index >= 15 is 0 Å². The summed E-state index contributed by atoms with van der Waals surface area (Å²) in [5.41, 5.74) is 0. The molecular weight excluding hydrogens is 154 g/mol. The summed E-state index contributed by atoms with van der Waals surface area (Å²) in [4.78, 5) is 13.9. The minimum Gasteiger partial charge on any atom is -0.478 e. The molecule has 0 saturated heterocycles. The Balaban J connectivity index is 2.20. The first-order valence-electron chi connectivity index (χ1n) is 3.91. The Kier molecular flexibility index (Phi) is 3.84. The summed E-state index contributed by atoms with van der Waals surface area (Å²) >= 11 is 0. The molecule has 0 amide bonds. The Morgan fingerprint density at radius 2 is 2.42 bits per heavy atom. The van der Waals surface area contributed by atoms with Crippen LogP contribution in [0, 0.1) is 0 Å². The second-order valence-corrected chi connectivity index (χ2v) is 2.33. The van der Waals surface area contributed by atoms with Crippen LogP contribution >= 0.6 is 0 Å². The van der Waals surface area contributed by atoms with Gasteiger partial charge in [-0.2, -0.15) is 0 Å². The highest BCUT2D eigenvalue weighted by Crippen LogP contribution is 2.03. The second-order valence-electron chi connectivity index (χ2n) is 2.33. The van der Waals surface area contributed by atoms with Crippen LogP contribution in [0.5, 0.6) is 5.88 Å². The van der Waals surface area contributed by atoms with Crippen molar-refractivity contribution in [3.05, 3.63) is 24.4 Å². The van der Waals surface area contributed by atoms with E-state index in [1.807, 2.05) is 12.1 Å². The molecule has 1 heterocycles. The summed E-state index contributed by atoms with van der Waals surface area (Å²) in [7, 11) is 0. The third kappa shape index (κ3) is 3.14. The van der Waals surface area contributed by atoms with E-state index in [2.05, 4.69) is 4.98 Å². The van der Waals surface area contributed by atoms with Gasteiger partial charge in [0.2, 0.25) is 5.88 Å². The fourth-order valence-electron chi connectivity index (χ4n) is 0.776. The smallest absolute Gasteiger partial charge is 0.213 e. The van der Waals surface area contributed by atoms with Crippen molar-refractivity contribution in [2.75, 3.05) is 6.61 Å². The van der Waals surface area contributed by atoms with Gasteiger partial charge in [0, 0.05) is 18.7 Å². The molecule has 1 aromatic rings. The second kappa shape index (κ2) is 5.29. The van der Waals surface area contributed by atoms with E-state index < -0.39 is 0 Å². The maximum absolute atomic E-state index is 9.95. The summed E-state index contributed by atoms with van der Waals surface area (Å²) in [6.45, 7) is 0.551. The van der Waals surface area contributed by atoms with Gasteiger partial charge in [-0.3, -0.25) is 0 Å². The molecule has 3 heteroatoms. The highest BCUT2D eigenvalue weighted by atomic mass is 16.5. The Labute approximate surface area is 71.4 Å². The number of carbonyl (C=O) groups is 1. The van der Waals surface area contributed by atoms with Gasteiger partial charge in [0.05, 0.1) is 6.61 Å². The third-order valence-electron chi connectivity index (χ3n) is 1.35. The average molecular weight is 165 g/mol. The molecule has 0 aliphatic rings. The molecule has 0 atom stereocenters. The predicted molar refractivity (Wildman–Crippen MR) is 45.0 cm³/mol. The Hall–Kier alpha value is -1.38. The van der Waals surface area contributed by atoms with Crippen LogP contribution in [0.15, 0.2) is 24.4 Å². The van der Waals surface area contributed by atoms with E-state index in [0.29, 0.717) is 18.9 Å². The van der Waals surface area contributed by atoms with Crippen LogP contribution in [0.4, 0.5) is 0 Å². The maximum atomic E-state index is 9.95. The zero-order chi connectivity index (χ0) is 8.65. The van der Waals surface area contributed by atoms with Gasteiger partial charge in [-0.25, -0.2) is 4.98 Å². The molecule has 0 bridgehead atoms. The number of nitrogens with zero attached hydrogens (tertiary/aromatic N) is 1. The van der Waals surface area contributed by atoms with E-state index in [4.69, 9.17) is 4.74 Å². The number of unbranched alkanes of at least 4 members (excludes halogenated alkanes) is 1. The van der Waals surface area contributed by atoms with Gasteiger partial charge in [-0.1, -0.05) is 6.07 Å². The van der Waals surface area contributed by atoms with Crippen LogP contribution in [-0.2, 0) is 4.79 Å². The molecule has 0 aromatic carbocycles. The van der Waals surface area contributed by atoms with Gasteiger partial charge >= 0.3 is 0 Å². The molecule has 0 fully saturated rings. The molecule has 0 unspecified atom stereocenters. The lowest BCUT2D eigenvalue weighted by Gasteiger charge is -2.01. The molecule has 64 valence electrons. The fraction of sp³-hybridized carbons (Fsp3) is 0.333. The quantitative estimate of drug-likeness (QED) is 0.489. The number of aldehydes is 1. The summed E-state index contributed by atoms with van der Waals surface area (Å²) in [5.74, 6) is 0.614. The molecule has 3 nitrogen and oxygen atoms in total. The third-order valence-corrected chi connectivity index (χ3v) is 1.35. The van der Waals surface area contributed by atoms with Crippen molar-refractivity contribution in [2.24, 2.45) is 0 Å². The maximum Gasteiger partial charge on any atom is 0.213 e. The summed E-state index contributed by atoms with van der Waals surface area (Å²) < 4.78 is 5.24. The van der Waals surface area contributed by atoms with Crippen LogP contribution in [0.3, 0.4) is 0 Å². The van der Waals surface area contributed by atoms with Crippen LogP contribution in [0.25, 0.3) is 0 Å². The molecule has 1 aromatic heterocycles. The largest absolute Gasteiger partial charge is 0.478 e. The van der Waals surface area contributed by atoms with Crippen LogP contribution < -0.4 is 4.74 Å². The highest BCUT2D eigenvalue weighted by molar-refractivity contribution is 5.48. The number of ether oxygens (including phenoxy) is 1. The van der Waals surface area contributed by atoms with Gasteiger partial charge in [-0.05, 0) is 12.5 Å². The fourth-order valence-corrected chi connectivity index (χ4v) is 0.776. The van der Waals surface area contributed by atoms with Gasteiger partial charge in [0.15, 0.2) is 0 Å². The first-order chi connectivity index (χ1) is 5.93. The minimum atomic E-state index is 0.548. The summed E-state index contributed by atoms with van der Waals surface area (Å²) in [5, 5.41) is 0. The molecule has 0 spiro atoms. The molecule has 0 aliphatic heterocycles. The van der Waals surface area contributed by atoms with Crippen LogP contribution in [0.2, 0.25) is 0 Å². The van der Waals surface area contributed by atoms with Crippen molar-refractivity contribution in [3.8, 4) is 5.88 Å². The topological polar surface area (TPSA) is 39.2 Å². The van der Waals surface area contributed by atoms with E-state index in [9.17, 15) is 4.79 Å². The minimum absolute atomic E-state index is 0.548. The lowest BCUT2D eigenvalue weighted by molar-refractivity contribution is -0.108. The standard InChI is InChI=1S/C9H11NO2/c11-7-3-4-8-12-9-5-1-2-6-10-9/h1-2,5-7H,3-4,8H2. The first kappa shape index (κ1) is 8.71. The van der Waals surface area contributed by atoms with Crippen LogP contribution in [-0.4, -0.2) is 17.9 Å². The molecule has 0 radical (unpaired) electrons. The number of rotatable bonds is 5. The summed E-state index contributed by atoms with van der Waals surface area (Å²) in [6.07, 6.45) is 3.86. The lowest BCUT2D eigenvalue weighted by Crippen LogP contribution is -1.98. The number of carbonyl (C=O) groups excluding carboxylic acids is 1. The van der Waals surface area contributed by atoms with Crippen molar-refractivity contribution < 1.29 is 9.53 Å². The van der Waals surface area contributed by atoms with Crippen molar-refractivity contribution in [1.82, 2.24) is 4.98 Å². The van der Waals surface area contributed by atoms with Gasteiger partial charge in [0.1, 0.15) is 6.29 Å². The lowest BCUT2D eigenvalue weighted by atomic mass is 10.3. The van der Waals surface area contributed by atoms with Crippen molar-refractivity contribution in [1.29, 1.82) is 0 Å². The molecule has 0 aliphatic carbocycles. The predicted octanol–water partition coefficient (Wildman–Crippen LogP) is 1.44. The SMILES string of the molecule is O=CCCCOc1ccccn1. The summed E-state index contributed by atoms with van der Waals surface area (Å²) in [6, 6.07) is 5.49. The number of aromatic nitrogens is 1. The van der Waals surface area contributed by atoms with Crippen LogP contribution in [0.1, 0.15) is 12.8 Å². The first-order valence-corrected chi connectivity index (χ1v) is 3.91. The molecule has 1 rings (SSSR count). The molecule has 0 N–H and O–H groups in total. The van der Waals surface area contributed by atoms with E-state index in [1.54, 1.807) is 12.3 Å². The highest BCUT2D eigenvalue weighted by Gasteiger charge is 1.91. The van der Waals surface area contributed by atoms with E-state index in [0.717, 1.165) is 12.7 Å². The van der Waals surface area contributed by atoms with E-state index in [1.165, 1.54) is 0 Å². The Bertz CT molecular complexity index is 223. The Morgan fingerprint density at radius 3 is 3.08 bits per heavy atom. The molecule has 12 heavy (non-hydrogen) atoms. The van der Waals surface area contributed by atoms with E-state index in [-0.39, 0.29) is 0 Å². The number of pyridine rings is 1. The van der Waals surface area contributed by atoms with Gasteiger partial charge in [-0.15, -0.1) is 0 Å².